The van der Waals surface area contributed by atoms with Gasteiger partial charge >= 0.3 is 0 Å². The third-order valence-electron chi connectivity index (χ3n) is 2.34. The molecule has 2 N–H and O–H groups in total. The number of hydrogen-bond donors (Lipinski definition) is 1. The summed E-state index contributed by atoms with van der Waals surface area (Å²) in [6.45, 7) is 2.09. The van der Waals surface area contributed by atoms with Gasteiger partial charge in [-0.05, 0) is 35.9 Å². The Hall–Kier alpha value is -0.960. The molecule has 0 amide bonds. The molecule has 1 unspecified atom stereocenters. The summed E-state index contributed by atoms with van der Waals surface area (Å²) in [5.74, 6) is -0.332. The van der Waals surface area contributed by atoms with E-state index in [-0.39, 0.29) is 11.5 Å². The molecule has 14 heavy (non-hydrogen) atoms. The van der Waals surface area contributed by atoms with Crippen LogP contribution in [0.1, 0.15) is 24.2 Å². The highest BCUT2D eigenvalue weighted by molar-refractivity contribution is 8.03. The van der Waals surface area contributed by atoms with Gasteiger partial charge in [0.15, 0.2) is 0 Å². The average molecular weight is 209 g/mol. The van der Waals surface area contributed by atoms with E-state index in [1.54, 1.807) is 6.07 Å². The second-order valence-electron chi connectivity index (χ2n) is 3.44. The molecule has 0 fully saturated rings. The van der Waals surface area contributed by atoms with E-state index >= 15 is 0 Å². The Labute approximate surface area is 87.2 Å². The van der Waals surface area contributed by atoms with Crippen LogP contribution in [0.15, 0.2) is 29.2 Å². The first-order chi connectivity index (χ1) is 6.66. The molecule has 1 aromatic rings. The summed E-state index contributed by atoms with van der Waals surface area (Å²) in [5, 5.41) is 0.415. The van der Waals surface area contributed by atoms with E-state index in [1.807, 2.05) is 17.8 Å². The van der Waals surface area contributed by atoms with Crippen molar-refractivity contribution in [2.45, 2.75) is 18.6 Å². The normalized spacial score (nSPS) is 21.0. The average Bonchev–Trinajstić information content (AvgIpc) is 2.57. The Balaban J connectivity index is 2.22. The fourth-order valence-corrected chi connectivity index (χ4v) is 2.68. The molecule has 3 heteroatoms. The van der Waals surface area contributed by atoms with E-state index in [4.69, 9.17) is 5.73 Å². The van der Waals surface area contributed by atoms with Crippen molar-refractivity contribution in [2.24, 2.45) is 0 Å². The highest BCUT2D eigenvalue weighted by atomic mass is 32.2. The molecule has 1 aromatic carbocycles. The van der Waals surface area contributed by atoms with Crippen molar-refractivity contribution in [1.82, 2.24) is 0 Å². The number of anilines is 1. The number of benzene rings is 1. The van der Waals surface area contributed by atoms with Crippen LogP contribution in [0.4, 0.5) is 10.1 Å². The second kappa shape index (κ2) is 3.65. The first kappa shape index (κ1) is 9.59. The minimum Gasteiger partial charge on any atom is -0.396 e. The predicted octanol–water partition coefficient (Wildman–Crippen LogP) is 3.49. The summed E-state index contributed by atoms with van der Waals surface area (Å²) in [6, 6.07) is 4.99. The Morgan fingerprint density at radius 3 is 2.86 bits per heavy atom. The smallest absolute Gasteiger partial charge is 0.146 e. The summed E-state index contributed by atoms with van der Waals surface area (Å²) in [6.07, 6.45) is 3.22. The van der Waals surface area contributed by atoms with Gasteiger partial charge in [0.25, 0.3) is 0 Å². The van der Waals surface area contributed by atoms with Gasteiger partial charge < -0.3 is 5.73 Å². The van der Waals surface area contributed by atoms with Crippen LogP contribution in [0.25, 0.3) is 0 Å². The zero-order chi connectivity index (χ0) is 10.1. The van der Waals surface area contributed by atoms with Gasteiger partial charge in [-0.3, -0.25) is 0 Å². The molecule has 0 saturated carbocycles. The topological polar surface area (TPSA) is 26.0 Å². The van der Waals surface area contributed by atoms with Crippen LogP contribution in [-0.4, -0.2) is 0 Å². The van der Waals surface area contributed by atoms with Gasteiger partial charge in [0.05, 0.1) is 5.69 Å². The van der Waals surface area contributed by atoms with Gasteiger partial charge in [0.2, 0.25) is 0 Å². The number of thioether (sulfide) groups is 1. The zero-order valence-electron chi connectivity index (χ0n) is 7.96. The number of rotatable bonds is 1. The second-order valence-corrected chi connectivity index (χ2v) is 4.89. The van der Waals surface area contributed by atoms with Gasteiger partial charge in [0, 0.05) is 5.25 Å². The van der Waals surface area contributed by atoms with Gasteiger partial charge in [-0.15, -0.1) is 11.8 Å². The Morgan fingerprint density at radius 1 is 1.50 bits per heavy atom. The zero-order valence-corrected chi connectivity index (χ0v) is 8.77. The maximum Gasteiger partial charge on any atom is 0.146 e. The van der Waals surface area contributed by atoms with Crippen LogP contribution >= 0.6 is 11.8 Å². The maximum absolute atomic E-state index is 12.9. The Kier molecular flexibility index (Phi) is 2.50. The number of allylic oxidation sites excluding steroid dienone is 2. The fourth-order valence-electron chi connectivity index (χ4n) is 1.56. The minimum atomic E-state index is -0.332. The van der Waals surface area contributed by atoms with Crippen LogP contribution < -0.4 is 5.73 Å². The minimum absolute atomic E-state index is 0.243. The lowest BCUT2D eigenvalue weighted by atomic mass is 10.1. The van der Waals surface area contributed by atoms with Crippen LogP contribution in [0.2, 0.25) is 0 Å². The van der Waals surface area contributed by atoms with E-state index in [0.717, 1.165) is 12.0 Å². The van der Waals surface area contributed by atoms with Gasteiger partial charge in [-0.1, -0.05) is 12.1 Å². The summed E-state index contributed by atoms with van der Waals surface area (Å²) in [5.41, 5.74) is 6.88. The molecule has 2 rings (SSSR count). The maximum atomic E-state index is 12.9. The molecule has 1 heterocycles. The summed E-state index contributed by atoms with van der Waals surface area (Å²) < 4.78 is 12.9. The van der Waals surface area contributed by atoms with Crippen LogP contribution in [-0.2, 0) is 0 Å². The first-order valence-electron chi connectivity index (χ1n) is 4.55. The fraction of sp³-hybridized carbons (Fsp3) is 0.273. The van der Waals surface area contributed by atoms with Gasteiger partial charge in [-0.25, -0.2) is 4.39 Å². The van der Waals surface area contributed by atoms with Crippen molar-refractivity contribution in [3.05, 3.63) is 40.6 Å². The van der Waals surface area contributed by atoms with E-state index in [2.05, 4.69) is 13.0 Å². The highest BCUT2D eigenvalue weighted by Gasteiger charge is 2.17. The van der Waals surface area contributed by atoms with Gasteiger partial charge in [-0.2, -0.15) is 0 Å². The van der Waals surface area contributed by atoms with Crippen molar-refractivity contribution in [2.75, 3.05) is 5.73 Å². The van der Waals surface area contributed by atoms with Crippen molar-refractivity contribution >= 4 is 17.4 Å². The molecule has 0 bridgehead atoms. The third-order valence-corrected chi connectivity index (χ3v) is 3.63. The molecule has 0 saturated heterocycles. The summed E-state index contributed by atoms with van der Waals surface area (Å²) >= 11 is 1.82. The molecular weight excluding hydrogens is 197 g/mol. The van der Waals surface area contributed by atoms with E-state index in [1.165, 1.54) is 11.0 Å². The molecule has 0 spiro atoms. The molecule has 1 aliphatic rings. The molecule has 1 atom stereocenters. The highest BCUT2D eigenvalue weighted by Crippen LogP contribution is 2.43. The van der Waals surface area contributed by atoms with Crippen molar-refractivity contribution in [3.63, 3.8) is 0 Å². The monoisotopic (exact) mass is 209 g/mol. The molecule has 1 aliphatic heterocycles. The molecule has 1 nitrogen and oxygen atoms in total. The third kappa shape index (κ3) is 1.77. The SMILES string of the molecule is CC1=CCC(c2ccc(F)c(N)c2)S1. The number of halogens is 1. The standard InChI is InChI=1S/C11H12FNS/c1-7-2-5-11(14-7)8-3-4-9(12)10(13)6-8/h2-4,6,11H,5,13H2,1H3. The predicted molar refractivity (Wildman–Crippen MR) is 59.5 cm³/mol. The van der Waals surface area contributed by atoms with Crippen molar-refractivity contribution in [1.29, 1.82) is 0 Å². The lowest BCUT2D eigenvalue weighted by Crippen LogP contribution is -1.95. The van der Waals surface area contributed by atoms with E-state index < -0.39 is 0 Å². The lowest BCUT2D eigenvalue weighted by Gasteiger charge is -2.10. The lowest BCUT2D eigenvalue weighted by molar-refractivity contribution is 0.631. The molecule has 74 valence electrons. The van der Waals surface area contributed by atoms with Crippen molar-refractivity contribution in [3.8, 4) is 0 Å². The molecule has 0 radical (unpaired) electrons. The van der Waals surface area contributed by atoms with Crippen LogP contribution in [0.3, 0.4) is 0 Å². The Bertz CT molecular complexity index is 387. The molecule has 0 aromatic heterocycles. The first-order valence-corrected chi connectivity index (χ1v) is 5.43. The van der Waals surface area contributed by atoms with Gasteiger partial charge in [0.1, 0.15) is 5.82 Å². The quantitative estimate of drug-likeness (QED) is 0.716. The Morgan fingerprint density at radius 2 is 2.29 bits per heavy atom. The van der Waals surface area contributed by atoms with Crippen LogP contribution in [0, 0.1) is 5.82 Å². The van der Waals surface area contributed by atoms with Crippen LogP contribution in [0.5, 0.6) is 0 Å². The molecular formula is C11H12FNS. The van der Waals surface area contributed by atoms with E-state index in [9.17, 15) is 4.39 Å². The largest absolute Gasteiger partial charge is 0.396 e. The number of nitrogens with two attached hydrogens (primary N) is 1. The summed E-state index contributed by atoms with van der Waals surface area (Å²) in [7, 11) is 0. The van der Waals surface area contributed by atoms with E-state index in [0.29, 0.717) is 5.25 Å². The van der Waals surface area contributed by atoms with Crippen molar-refractivity contribution < 1.29 is 4.39 Å². The summed E-state index contributed by atoms with van der Waals surface area (Å²) in [4.78, 5) is 1.33. The molecule has 0 aliphatic carbocycles. The number of hydrogen-bond acceptors (Lipinski definition) is 2. The number of nitrogen functional groups attached to an aromatic ring is 1.